The van der Waals surface area contributed by atoms with Crippen molar-refractivity contribution >= 4 is 34.1 Å². The van der Waals surface area contributed by atoms with E-state index in [1.165, 1.54) is 12.1 Å². The summed E-state index contributed by atoms with van der Waals surface area (Å²) in [5, 5.41) is 24.3. The number of phenols is 1. The first-order valence-corrected chi connectivity index (χ1v) is 9.94. The second-order valence-corrected chi connectivity index (χ2v) is 8.01. The van der Waals surface area contributed by atoms with Crippen molar-refractivity contribution in [2.45, 2.75) is 19.8 Å². The zero-order valence-corrected chi connectivity index (χ0v) is 17.9. The van der Waals surface area contributed by atoms with E-state index in [1.807, 2.05) is 31.0 Å². The number of aromatic amines is 1. The summed E-state index contributed by atoms with van der Waals surface area (Å²) in [5.74, 6) is 0.318. The topological polar surface area (TPSA) is 117 Å². The second-order valence-electron chi connectivity index (χ2n) is 7.20. The second kappa shape index (κ2) is 7.61. The molecular formula is C21H15Cl2N5O3. The molecule has 156 valence electrons. The largest absolute Gasteiger partial charge is 0.508 e. The monoisotopic (exact) mass is 455 g/mol. The molecule has 0 unspecified atom stereocenters. The number of hydrogen-bond donors (Lipinski definition) is 2. The molecule has 0 spiro atoms. The first-order valence-electron chi connectivity index (χ1n) is 9.18. The van der Waals surface area contributed by atoms with Gasteiger partial charge in [-0.15, -0.1) is 5.10 Å². The Hall–Kier alpha value is -3.54. The normalized spacial score (nSPS) is 11.2. The van der Waals surface area contributed by atoms with E-state index in [4.69, 9.17) is 28.5 Å². The fraction of sp³-hybridized carbons (Fsp3) is 0.143. The van der Waals surface area contributed by atoms with Gasteiger partial charge in [0.1, 0.15) is 11.8 Å². The van der Waals surface area contributed by atoms with Crippen LogP contribution in [0.3, 0.4) is 0 Å². The van der Waals surface area contributed by atoms with Gasteiger partial charge in [-0.25, -0.2) is 4.79 Å². The Morgan fingerprint density at radius 3 is 2.45 bits per heavy atom. The van der Waals surface area contributed by atoms with Crippen LogP contribution in [0.4, 0.5) is 0 Å². The molecule has 2 aromatic heterocycles. The number of nitrogens with zero attached hydrogens (tertiary/aromatic N) is 4. The highest BCUT2D eigenvalue weighted by atomic mass is 35.5. The molecule has 10 heteroatoms. The molecule has 0 fully saturated rings. The Bertz CT molecular complexity index is 1490. The molecule has 4 aromatic rings. The number of aromatic hydroxyl groups is 1. The number of nitrogens with one attached hydrogen (secondary N) is 1. The van der Waals surface area contributed by atoms with E-state index < -0.39 is 16.9 Å². The van der Waals surface area contributed by atoms with Crippen molar-refractivity contribution in [2.24, 2.45) is 0 Å². The van der Waals surface area contributed by atoms with Gasteiger partial charge < -0.3 is 9.67 Å². The average molecular weight is 456 g/mol. The summed E-state index contributed by atoms with van der Waals surface area (Å²) in [7, 11) is 0. The van der Waals surface area contributed by atoms with Crippen LogP contribution < -0.4 is 11.2 Å². The van der Waals surface area contributed by atoms with Gasteiger partial charge in [0.15, 0.2) is 0 Å². The Balaban J connectivity index is 1.92. The summed E-state index contributed by atoms with van der Waals surface area (Å²) in [6.07, 6.45) is 1.78. The van der Waals surface area contributed by atoms with Crippen LogP contribution in [0, 0.1) is 11.3 Å². The molecular weight excluding hydrogens is 441 g/mol. The Morgan fingerprint density at radius 1 is 1.16 bits per heavy atom. The summed E-state index contributed by atoms with van der Waals surface area (Å²) in [5.41, 5.74) is 0.0729. The first kappa shape index (κ1) is 20.7. The van der Waals surface area contributed by atoms with Gasteiger partial charge in [-0.3, -0.25) is 9.78 Å². The van der Waals surface area contributed by atoms with Crippen LogP contribution in [0.5, 0.6) is 5.75 Å². The molecule has 31 heavy (non-hydrogen) atoms. The number of H-pyrrole nitrogens is 1. The van der Waals surface area contributed by atoms with Crippen molar-refractivity contribution in [3.63, 3.8) is 0 Å². The van der Waals surface area contributed by atoms with Crippen molar-refractivity contribution in [3.05, 3.63) is 78.7 Å². The minimum atomic E-state index is -0.874. The van der Waals surface area contributed by atoms with Crippen LogP contribution in [-0.2, 0) is 0 Å². The lowest BCUT2D eigenvalue weighted by atomic mass is 10.0. The maximum atomic E-state index is 12.2. The predicted molar refractivity (Wildman–Crippen MR) is 118 cm³/mol. The lowest BCUT2D eigenvalue weighted by Crippen LogP contribution is -2.33. The predicted octanol–water partition coefficient (Wildman–Crippen LogP) is 3.87. The smallest absolute Gasteiger partial charge is 0.349 e. The number of hydrogen-bond acceptors (Lipinski definition) is 5. The van der Waals surface area contributed by atoms with E-state index in [1.54, 1.807) is 22.9 Å². The van der Waals surface area contributed by atoms with Crippen molar-refractivity contribution in [1.82, 2.24) is 19.3 Å². The van der Waals surface area contributed by atoms with Gasteiger partial charge in [0, 0.05) is 11.6 Å². The fourth-order valence-corrected chi connectivity index (χ4v) is 4.05. The van der Waals surface area contributed by atoms with Crippen LogP contribution in [-0.4, -0.2) is 24.4 Å². The van der Waals surface area contributed by atoms with E-state index in [0.717, 1.165) is 21.1 Å². The molecule has 0 radical (unpaired) electrons. The molecule has 0 saturated heterocycles. The third-order valence-electron chi connectivity index (χ3n) is 4.88. The van der Waals surface area contributed by atoms with Crippen LogP contribution in [0.1, 0.15) is 31.0 Å². The van der Waals surface area contributed by atoms with Gasteiger partial charge in [-0.2, -0.15) is 9.94 Å². The third-order valence-corrected chi connectivity index (χ3v) is 5.46. The summed E-state index contributed by atoms with van der Waals surface area (Å²) in [4.78, 5) is 25.8. The van der Waals surface area contributed by atoms with Crippen molar-refractivity contribution < 1.29 is 5.11 Å². The van der Waals surface area contributed by atoms with Gasteiger partial charge in [0.05, 0.1) is 26.9 Å². The van der Waals surface area contributed by atoms with Crippen LogP contribution in [0.25, 0.3) is 22.3 Å². The summed E-state index contributed by atoms with van der Waals surface area (Å²) >= 11 is 13.1. The molecule has 8 nitrogen and oxygen atoms in total. The highest BCUT2D eigenvalue weighted by Crippen LogP contribution is 2.36. The molecule has 0 aliphatic heterocycles. The standard InChI is InChI=1S/C21H15Cl2N5O3/c1-10(2)13-8-17-11(5-18(13)29)3-4-27(17)19-14(22)6-12(7-15(19)23)28-21(31)25-20(30)16(9-24)26-28/h3-8,10,29H,1-2H3,(H,25,30,31). The van der Waals surface area contributed by atoms with Gasteiger partial charge >= 0.3 is 5.69 Å². The number of nitriles is 1. The molecule has 0 saturated carbocycles. The summed E-state index contributed by atoms with van der Waals surface area (Å²) in [6, 6.07) is 9.95. The molecule has 4 rings (SSSR count). The highest BCUT2D eigenvalue weighted by molar-refractivity contribution is 6.38. The van der Waals surface area contributed by atoms with E-state index >= 15 is 0 Å². The fourth-order valence-electron chi connectivity index (χ4n) is 3.40. The zero-order chi connectivity index (χ0) is 22.4. The Labute approximate surface area is 185 Å². The third kappa shape index (κ3) is 3.48. The van der Waals surface area contributed by atoms with E-state index in [2.05, 4.69) is 5.10 Å². The lowest BCUT2D eigenvalue weighted by Gasteiger charge is -2.14. The molecule has 2 heterocycles. The van der Waals surface area contributed by atoms with E-state index in [-0.39, 0.29) is 27.4 Å². The number of phenolic OH excluding ortho intramolecular Hbond substituents is 1. The van der Waals surface area contributed by atoms with Gasteiger partial charge in [-0.05, 0) is 41.8 Å². The Kier molecular flexibility index (Phi) is 5.09. The summed E-state index contributed by atoms with van der Waals surface area (Å²) < 4.78 is 2.64. The zero-order valence-electron chi connectivity index (χ0n) is 16.3. The molecule has 0 bridgehead atoms. The van der Waals surface area contributed by atoms with E-state index in [9.17, 15) is 14.7 Å². The molecule has 2 N–H and O–H groups in total. The maximum Gasteiger partial charge on any atom is 0.349 e. The minimum absolute atomic E-state index is 0.105. The SMILES string of the molecule is CC(C)c1cc2c(ccn2-c2c(Cl)cc(-n3nc(C#N)c(=O)[nH]c3=O)cc2Cl)cc1O. The molecule has 2 aromatic carbocycles. The Morgan fingerprint density at radius 2 is 1.84 bits per heavy atom. The van der Waals surface area contributed by atoms with Crippen molar-refractivity contribution in [2.75, 3.05) is 0 Å². The quantitative estimate of drug-likeness (QED) is 0.486. The number of rotatable bonds is 3. The van der Waals surface area contributed by atoms with E-state index in [0.29, 0.717) is 5.69 Å². The molecule has 0 amide bonds. The molecule has 0 aliphatic carbocycles. The first-order chi connectivity index (χ1) is 14.7. The maximum absolute atomic E-state index is 12.2. The number of fused-ring (bicyclic) bond motifs is 1. The van der Waals surface area contributed by atoms with Crippen LogP contribution >= 0.6 is 23.2 Å². The summed E-state index contributed by atoms with van der Waals surface area (Å²) in [6.45, 7) is 3.96. The van der Waals surface area contributed by atoms with Crippen molar-refractivity contribution in [3.8, 4) is 23.2 Å². The van der Waals surface area contributed by atoms with Crippen LogP contribution in [0.2, 0.25) is 10.0 Å². The van der Waals surface area contributed by atoms with Gasteiger partial charge in [0.2, 0.25) is 5.69 Å². The highest BCUT2D eigenvalue weighted by Gasteiger charge is 2.17. The number of aromatic nitrogens is 4. The molecule has 0 atom stereocenters. The van der Waals surface area contributed by atoms with Crippen LogP contribution in [0.15, 0.2) is 46.1 Å². The number of benzene rings is 2. The number of halogens is 2. The minimum Gasteiger partial charge on any atom is -0.508 e. The lowest BCUT2D eigenvalue weighted by molar-refractivity contribution is 0.466. The van der Waals surface area contributed by atoms with Gasteiger partial charge in [-0.1, -0.05) is 37.0 Å². The van der Waals surface area contributed by atoms with Gasteiger partial charge in [0.25, 0.3) is 5.56 Å². The van der Waals surface area contributed by atoms with Crippen molar-refractivity contribution in [1.29, 1.82) is 5.26 Å². The molecule has 0 aliphatic rings. The average Bonchev–Trinajstić information content (AvgIpc) is 3.09.